The van der Waals surface area contributed by atoms with Crippen LogP contribution in [0.3, 0.4) is 0 Å². The van der Waals surface area contributed by atoms with Gasteiger partial charge in [0.25, 0.3) is 0 Å². The summed E-state index contributed by atoms with van der Waals surface area (Å²) in [6.07, 6.45) is 0. The third-order valence-electron chi connectivity index (χ3n) is 7.29. The van der Waals surface area contributed by atoms with Crippen LogP contribution in [0.2, 0.25) is 0 Å². The Morgan fingerprint density at radius 3 is 2.07 bits per heavy atom. The van der Waals surface area contributed by atoms with Crippen molar-refractivity contribution in [2.75, 3.05) is 11.1 Å². The Bertz CT molecular complexity index is 1840. The molecule has 1 N–H and O–H groups in total. The quantitative estimate of drug-likeness (QED) is 0.171. The van der Waals surface area contributed by atoms with Crippen molar-refractivity contribution in [2.24, 2.45) is 0 Å². The summed E-state index contributed by atoms with van der Waals surface area (Å²) < 4.78 is 3.85. The largest absolute Gasteiger partial charge is 0.310 e. The van der Waals surface area contributed by atoms with Crippen molar-refractivity contribution in [3.05, 3.63) is 132 Å². The van der Waals surface area contributed by atoms with Gasteiger partial charge in [0.05, 0.1) is 23.7 Å². The van der Waals surface area contributed by atoms with Gasteiger partial charge in [0.1, 0.15) is 5.82 Å². The van der Waals surface area contributed by atoms with Crippen molar-refractivity contribution in [2.45, 2.75) is 37.9 Å². The number of hydrogen-bond acceptors (Lipinski definition) is 5. The van der Waals surface area contributed by atoms with E-state index in [1.165, 1.54) is 17.3 Å². The smallest absolute Gasteiger partial charge is 0.236 e. The van der Waals surface area contributed by atoms with Crippen LogP contribution < -0.4 is 5.32 Å². The molecule has 0 saturated heterocycles. The summed E-state index contributed by atoms with van der Waals surface area (Å²) in [7, 11) is 0. The number of anilines is 1. The average Bonchev–Trinajstić information content (AvgIpc) is 3.65. The lowest BCUT2D eigenvalue weighted by molar-refractivity contribution is -0.113. The van der Waals surface area contributed by atoms with Crippen molar-refractivity contribution in [1.29, 1.82) is 0 Å². The standard InChI is InChI=1S/C36H34N6OS/c1-36(2,3)29-21-19-28(20-22-29)34-38-39-35(41(34)24-26-13-7-4-8-14-26)44-25-33(43)37-32-23-31(27-15-9-5-10-16-27)40-42(32)30-17-11-6-12-18-30/h4-23H,24-25H2,1-3H3,(H,37,43). The minimum Gasteiger partial charge on any atom is -0.310 e. The number of rotatable bonds is 9. The SMILES string of the molecule is CC(C)(C)c1ccc(-c2nnc(SCC(=O)Nc3cc(-c4ccccc4)nn3-c3ccccc3)n2Cc2ccccc2)cc1. The molecule has 44 heavy (non-hydrogen) atoms. The highest BCUT2D eigenvalue weighted by molar-refractivity contribution is 7.99. The first-order valence-corrected chi connectivity index (χ1v) is 15.6. The second-order valence-electron chi connectivity index (χ2n) is 11.6. The van der Waals surface area contributed by atoms with Gasteiger partial charge in [-0.25, -0.2) is 4.68 Å². The van der Waals surface area contributed by atoms with Gasteiger partial charge in [-0.2, -0.15) is 5.10 Å². The summed E-state index contributed by atoms with van der Waals surface area (Å²) in [5.41, 5.74) is 6.05. The van der Waals surface area contributed by atoms with E-state index in [-0.39, 0.29) is 17.1 Å². The lowest BCUT2D eigenvalue weighted by Gasteiger charge is -2.19. The van der Waals surface area contributed by atoms with Gasteiger partial charge in [0, 0.05) is 17.2 Å². The monoisotopic (exact) mass is 598 g/mol. The molecule has 0 fully saturated rings. The summed E-state index contributed by atoms with van der Waals surface area (Å²) in [6, 6.07) is 40.4. The number of hydrogen-bond donors (Lipinski definition) is 1. The molecule has 0 aliphatic rings. The zero-order chi connectivity index (χ0) is 30.5. The minimum atomic E-state index is -0.156. The van der Waals surface area contributed by atoms with Gasteiger partial charge in [-0.15, -0.1) is 10.2 Å². The number of carbonyl (C=O) groups excluding carboxylic acids is 1. The number of thioether (sulfide) groups is 1. The van der Waals surface area contributed by atoms with E-state index in [9.17, 15) is 4.79 Å². The molecular formula is C36H34N6OS. The Kier molecular flexibility index (Phi) is 8.43. The first-order chi connectivity index (χ1) is 21.3. The highest BCUT2D eigenvalue weighted by Gasteiger charge is 2.19. The third kappa shape index (κ3) is 6.66. The molecule has 6 aromatic rings. The molecule has 220 valence electrons. The summed E-state index contributed by atoms with van der Waals surface area (Å²) in [6.45, 7) is 7.20. The van der Waals surface area contributed by atoms with E-state index in [0.717, 1.165) is 33.9 Å². The van der Waals surface area contributed by atoms with Crippen LogP contribution in [0, 0.1) is 0 Å². The van der Waals surface area contributed by atoms with Gasteiger partial charge in [0.15, 0.2) is 11.0 Å². The van der Waals surface area contributed by atoms with Crippen LogP contribution in [-0.4, -0.2) is 36.2 Å². The Hall–Kier alpha value is -4.95. The third-order valence-corrected chi connectivity index (χ3v) is 8.26. The first kappa shape index (κ1) is 29.1. The van der Waals surface area contributed by atoms with E-state index in [2.05, 4.69) is 77.3 Å². The molecule has 2 aromatic heterocycles. The first-order valence-electron chi connectivity index (χ1n) is 14.6. The van der Waals surface area contributed by atoms with E-state index in [4.69, 9.17) is 5.10 Å². The van der Waals surface area contributed by atoms with E-state index in [1.54, 1.807) is 4.68 Å². The molecule has 4 aromatic carbocycles. The van der Waals surface area contributed by atoms with Crippen molar-refractivity contribution >= 4 is 23.5 Å². The van der Waals surface area contributed by atoms with Crippen molar-refractivity contribution in [3.8, 4) is 28.3 Å². The number of carbonyl (C=O) groups is 1. The summed E-state index contributed by atoms with van der Waals surface area (Å²) in [4.78, 5) is 13.4. The van der Waals surface area contributed by atoms with Gasteiger partial charge < -0.3 is 5.32 Å². The highest BCUT2D eigenvalue weighted by atomic mass is 32.2. The normalized spacial score (nSPS) is 11.4. The molecule has 0 aliphatic heterocycles. The molecule has 2 heterocycles. The van der Waals surface area contributed by atoms with E-state index >= 15 is 0 Å². The predicted molar refractivity (Wildman–Crippen MR) is 178 cm³/mol. The fraction of sp³-hybridized carbons (Fsp3) is 0.167. The molecule has 0 aliphatic carbocycles. The van der Waals surface area contributed by atoms with E-state index in [0.29, 0.717) is 17.5 Å². The molecule has 8 heteroatoms. The topological polar surface area (TPSA) is 77.6 Å². The molecule has 0 bridgehead atoms. The maximum Gasteiger partial charge on any atom is 0.236 e. The van der Waals surface area contributed by atoms with Crippen molar-refractivity contribution in [3.63, 3.8) is 0 Å². The van der Waals surface area contributed by atoms with Crippen LogP contribution in [0.25, 0.3) is 28.3 Å². The fourth-order valence-electron chi connectivity index (χ4n) is 4.93. The fourth-order valence-corrected chi connectivity index (χ4v) is 5.67. The van der Waals surface area contributed by atoms with Crippen molar-refractivity contribution in [1.82, 2.24) is 24.5 Å². The van der Waals surface area contributed by atoms with Gasteiger partial charge >= 0.3 is 0 Å². The molecule has 6 rings (SSSR count). The van der Waals surface area contributed by atoms with Crippen LogP contribution in [0.5, 0.6) is 0 Å². The van der Waals surface area contributed by atoms with Crippen LogP contribution in [0.15, 0.2) is 126 Å². The molecule has 7 nitrogen and oxygen atoms in total. The summed E-state index contributed by atoms with van der Waals surface area (Å²) >= 11 is 1.37. The van der Waals surface area contributed by atoms with Crippen LogP contribution in [-0.2, 0) is 16.8 Å². The molecule has 0 spiro atoms. The van der Waals surface area contributed by atoms with Crippen molar-refractivity contribution < 1.29 is 4.79 Å². The second kappa shape index (κ2) is 12.7. The van der Waals surface area contributed by atoms with Crippen LogP contribution in [0.4, 0.5) is 5.82 Å². The molecule has 0 unspecified atom stereocenters. The Morgan fingerprint density at radius 1 is 0.773 bits per heavy atom. The average molecular weight is 599 g/mol. The highest BCUT2D eigenvalue weighted by Crippen LogP contribution is 2.29. The van der Waals surface area contributed by atoms with Gasteiger partial charge in [0.2, 0.25) is 5.91 Å². The van der Waals surface area contributed by atoms with Gasteiger partial charge in [-0.3, -0.25) is 9.36 Å². The molecule has 0 radical (unpaired) electrons. The van der Waals surface area contributed by atoms with Crippen LogP contribution in [0.1, 0.15) is 31.9 Å². The maximum absolute atomic E-state index is 13.4. The van der Waals surface area contributed by atoms with E-state index < -0.39 is 0 Å². The number of amides is 1. The number of nitrogens with zero attached hydrogens (tertiary/aromatic N) is 5. The lowest BCUT2D eigenvalue weighted by Crippen LogP contribution is -2.17. The molecule has 0 atom stereocenters. The number of para-hydroxylation sites is 1. The Balaban J connectivity index is 1.25. The zero-order valence-electron chi connectivity index (χ0n) is 25.0. The number of benzene rings is 4. The number of aromatic nitrogens is 5. The molecular weight excluding hydrogens is 565 g/mol. The Labute approximate surface area is 262 Å². The number of nitrogens with one attached hydrogen (secondary N) is 1. The zero-order valence-corrected chi connectivity index (χ0v) is 25.8. The van der Waals surface area contributed by atoms with Gasteiger partial charge in [-0.05, 0) is 28.7 Å². The summed E-state index contributed by atoms with van der Waals surface area (Å²) in [5, 5.41) is 17.7. The molecule has 1 amide bonds. The predicted octanol–water partition coefficient (Wildman–Crippen LogP) is 7.87. The maximum atomic E-state index is 13.4. The summed E-state index contributed by atoms with van der Waals surface area (Å²) in [5.74, 6) is 1.38. The Morgan fingerprint density at radius 2 is 1.41 bits per heavy atom. The second-order valence-corrected chi connectivity index (χ2v) is 12.5. The van der Waals surface area contributed by atoms with E-state index in [1.807, 2.05) is 84.9 Å². The van der Waals surface area contributed by atoms with Crippen LogP contribution >= 0.6 is 11.8 Å². The minimum absolute atomic E-state index is 0.0579. The van der Waals surface area contributed by atoms with Gasteiger partial charge in [-0.1, -0.05) is 136 Å². The molecule has 0 saturated carbocycles. The lowest BCUT2D eigenvalue weighted by atomic mass is 9.87.